The van der Waals surface area contributed by atoms with Gasteiger partial charge in [-0.3, -0.25) is 14.9 Å². The highest BCUT2D eigenvalue weighted by molar-refractivity contribution is 5.96. The summed E-state index contributed by atoms with van der Waals surface area (Å²) in [5.41, 5.74) is -0.842. The fraction of sp³-hybridized carbons (Fsp3) is 0.556. The Morgan fingerprint density at radius 3 is 2.83 bits per heavy atom. The summed E-state index contributed by atoms with van der Waals surface area (Å²) < 4.78 is 0. The third-order valence-electron chi connectivity index (χ3n) is 7.29. The van der Waals surface area contributed by atoms with Crippen LogP contribution in [0.2, 0.25) is 0 Å². The topological polar surface area (TPSA) is 87.2 Å². The zero-order chi connectivity index (χ0) is 17.3. The molecule has 1 aromatic rings. The number of rotatable bonds is 2. The zero-order valence-electron chi connectivity index (χ0n) is 13.8. The molecule has 2 saturated carbocycles. The van der Waals surface area contributed by atoms with Gasteiger partial charge in [-0.05, 0) is 36.7 Å². The Morgan fingerprint density at radius 2 is 2.21 bits per heavy atom. The van der Waals surface area contributed by atoms with Gasteiger partial charge in [-0.25, -0.2) is 0 Å². The first-order valence-corrected chi connectivity index (χ1v) is 8.27. The first kappa shape index (κ1) is 15.1. The Hall–Kier alpha value is -2.42. The summed E-state index contributed by atoms with van der Waals surface area (Å²) in [5, 5.41) is 21.0. The molecule has 124 valence electrons. The van der Waals surface area contributed by atoms with Crippen LogP contribution >= 0.6 is 0 Å². The predicted octanol–water partition coefficient (Wildman–Crippen LogP) is 3.14. The molecule has 6 heteroatoms. The van der Waals surface area contributed by atoms with Crippen molar-refractivity contribution in [2.45, 2.75) is 38.6 Å². The highest BCUT2D eigenvalue weighted by Crippen LogP contribution is 2.75. The molecule has 1 heterocycles. The first-order valence-electron chi connectivity index (χ1n) is 8.27. The summed E-state index contributed by atoms with van der Waals surface area (Å²) >= 11 is 0. The second-order valence-electron chi connectivity index (χ2n) is 7.86. The number of piperidine rings is 1. The van der Waals surface area contributed by atoms with Gasteiger partial charge >= 0.3 is 0 Å². The number of carbonyl (C=O) groups excluding carboxylic acids is 1. The van der Waals surface area contributed by atoms with Gasteiger partial charge in [-0.15, -0.1) is 0 Å². The number of likely N-dealkylation sites (tertiary alicyclic amines) is 1. The van der Waals surface area contributed by atoms with Gasteiger partial charge < -0.3 is 4.90 Å². The average molecular weight is 325 g/mol. The zero-order valence-corrected chi connectivity index (χ0v) is 13.8. The van der Waals surface area contributed by atoms with E-state index in [0.717, 1.165) is 19.3 Å². The number of nitriles is 1. The Bertz CT molecular complexity index is 816. The van der Waals surface area contributed by atoms with Crippen LogP contribution in [0.3, 0.4) is 0 Å². The molecule has 3 aliphatic rings. The van der Waals surface area contributed by atoms with E-state index in [1.165, 1.54) is 18.2 Å². The number of non-ortho nitro benzene ring substituents is 1. The second-order valence-corrected chi connectivity index (χ2v) is 7.86. The minimum atomic E-state index is -0.785. The minimum absolute atomic E-state index is 0.0426. The average Bonchev–Trinajstić information content (AvgIpc) is 3.03. The third kappa shape index (κ3) is 1.44. The maximum atomic E-state index is 13.1. The predicted molar refractivity (Wildman–Crippen MR) is 86.0 cm³/mol. The van der Waals surface area contributed by atoms with Crippen LogP contribution in [-0.4, -0.2) is 27.8 Å². The van der Waals surface area contributed by atoms with Crippen LogP contribution < -0.4 is 0 Å². The van der Waals surface area contributed by atoms with E-state index < -0.39 is 10.5 Å². The van der Waals surface area contributed by atoms with Gasteiger partial charge in [0.25, 0.3) is 11.6 Å². The summed E-state index contributed by atoms with van der Waals surface area (Å²) in [5.74, 6) is 0.215. The van der Waals surface area contributed by atoms with Crippen molar-refractivity contribution < 1.29 is 9.72 Å². The number of hydrogen-bond acceptors (Lipinski definition) is 4. The van der Waals surface area contributed by atoms with Gasteiger partial charge in [0.2, 0.25) is 0 Å². The molecule has 1 aromatic carbocycles. The standard InChI is InChI=1S/C18H19N3O3/c1-16-11-20(15(22)12-4-3-5-14(8-12)21(23)24)18(10-19)9-13(16)6-7-17(16,18)2/h3-5,8,13H,6-7,9,11H2,1-2H3/t13-,16+,17-,18-/m0/s1. The molecule has 1 saturated heterocycles. The number of nitro benzene ring substituents is 1. The summed E-state index contributed by atoms with van der Waals surface area (Å²) in [6.07, 6.45) is 2.80. The minimum Gasteiger partial charge on any atom is -0.319 e. The van der Waals surface area contributed by atoms with Gasteiger partial charge in [-0.1, -0.05) is 19.9 Å². The molecule has 0 unspecified atom stereocenters. The van der Waals surface area contributed by atoms with Crippen molar-refractivity contribution in [2.75, 3.05) is 6.54 Å². The number of carbonyl (C=O) groups is 1. The lowest BCUT2D eigenvalue weighted by molar-refractivity contribution is -0.384. The van der Waals surface area contributed by atoms with Gasteiger partial charge in [0, 0.05) is 29.7 Å². The molecule has 1 amide bonds. The van der Waals surface area contributed by atoms with Crippen LogP contribution in [-0.2, 0) is 0 Å². The van der Waals surface area contributed by atoms with E-state index in [2.05, 4.69) is 19.9 Å². The van der Waals surface area contributed by atoms with Crippen molar-refractivity contribution in [1.82, 2.24) is 4.90 Å². The van der Waals surface area contributed by atoms with Crippen molar-refractivity contribution in [3.63, 3.8) is 0 Å². The Labute approximate surface area is 140 Å². The fourth-order valence-corrected chi connectivity index (χ4v) is 5.66. The van der Waals surface area contributed by atoms with Gasteiger partial charge in [0.1, 0.15) is 5.54 Å². The highest BCUT2D eigenvalue weighted by atomic mass is 16.6. The molecule has 0 spiro atoms. The lowest BCUT2D eigenvalue weighted by Gasteiger charge is -2.43. The van der Waals surface area contributed by atoms with Crippen molar-refractivity contribution in [3.05, 3.63) is 39.9 Å². The summed E-state index contributed by atoms with van der Waals surface area (Å²) in [7, 11) is 0. The van der Waals surface area contributed by atoms with Crippen molar-refractivity contribution in [3.8, 4) is 6.07 Å². The van der Waals surface area contributed by atoms with Crippen molar-refractivity contribution in [2.24, 2.45) is 16.7 Å². The molecular weight excluding hydrogens is 306 g/mol. The molecule has 24 heavy (non-hydrogen) atoms. The molecule has 0 radical (unpaired) electrons. The van der Waals surface area contributed by atoms with Crippen molar-refractivity contribution in [1.29, 1.82) is 5.26 Å². The van der Waals surface area contributed by atoms with E-state index in [1.54, 1.807) is 11.0 Å². The number of nitrogens with zero attached hydrogens (tertiary/aromatic N) is 3. The first-order chi connectivity index (χ1) is 11.3. The lowest BCUT2D eigenvalue weighted by Crippen LogP contribution is -2.54. The van der Waals surface area contributed by atoms with Crippen molar-refractivity contribution >= 4 is 11.6 Å². The molecule has 1 aliphatic heterocycles. The van der Waals surface area contributed by atoms with E-state index in [1.807, 2.05) is 0 Å². The molecule has 4 atom stereocenters. The van der Waals surface area contributed by atoms with Crippen LogP contribution in [0, 0.1) is 38.2 Å². The molecule has 4 rings (SSSR count). The van der Waals surface area contributed by atoms with E-state index in [4.69, 9.17) is 0 Å². The number of benzene rings is 1. The van der Waals surface area contributed by atoms with E-state index in [0.29, 0.717) is 12.5 Å². The van der Waals surface area contributed by atoms with Gasteiger partial charge in [0.05, 0.1) is 11.0 Å². The maximum absolute atomic E-state index is 13.1. The Morgan fingerprint density at radius 1 is 1.46 bits per heavy atom. The van der Waals surface area contributed by atoms with E-state index >= 15 is 0 Å². The van der Waals surface area contributed by atoms with Crippen LogP contribution in [0.5, 0.6) is 0 Å². The smallest absolute Gasteiger partial charge is 0.270 e. The Balaban J connectivity index is 1.77. The summed E-state index contributed by atoms with van der Waals surface area (Å²) in [6, 6.07) is 8.27. The van der Waals surface area contributed by atoms with Crippen LogP contribution in [0.25, 0.3) is 0 Å². The highest BCUT2D eigenvalue weighted by Gasteiger charge is 2.78. The van der Waals surface area contributed by atoms with E-state index in [-0.39, 0.29) is 28.0 Å². The normalized spacial score (nSPS) is 39.0. The molecule has 0 aromatic heterocycles. The fourth-order valence-electron chi connectivity index (χ4n) is 5.66. The molecule has 6 nitrogen and oxygen atoms in total. The second kappa shape index (κ2) is 4.35. The van der Waals surface area contributed by atoms with Crippen LogP contribution in [0.1, 0.15) is 43.5 Å². The number of hydrogen-bond donors (Lipinski definition) is 0. The quantitative estimate of drug-likeness (QED) is 0.617. The Kier molecular flexibility index (Phi) is 2.74. The van der Waals surface area contributed by atoms with Gasteiger partial charge in [0.15, 0.2) is 0 Å². The largest absolute Gasteiger partial charge is 0.319 e. The summed E-state index contributed by atoms with van der Waals surface area (Å²) in [6.45, 7) is 4.90. The summed E-state index contributed by atoms with van der Waals surface area (Å²) in [4.78, 5) is 25.3. The molecular formula is C18H19N3O3. The monoisotopic (exact) mass is 325 g/mol. The number of amides is 1. The SMILES string of the molecule is C[C@@]12CC[C@H]3C[C@@]1(C#N)N(C(=O)c1cccc([N+](=O)[O-])c1)C[C@]32C. The maximum Gasteiger partial charge on any atom is 0.270 e. The van der Waals surface area contributed by atoms with Gasteiger partial charge in [-0.2, -0.15) is 5.26 Å². The van der Waals surface area contributed by atoms with Crippen LogP contribution in [0.15, 0.2) is 24.3 Å². The lowest BCUT2D eigenvalue weighted by atomic mass is 9.66. The third-order valence-corrected chi connectivity index (χ3v) is 7.29. The van der Waals surface area contributed by atoms with Crippen LogP contribution in [0.4, 0.5) is 5.69 Å². The molecule has 0 N–H and O–H groups in total. The molecule has 2 aliphatic carbocycles. The molecule has 3 fully saturated rings. The number of nitro groups is 1. The molecule has 4 bridgehead atoms. The van der Waals surface area contributed by atoms with E-state index in [9.17, 15) is 20.2 Å².